The van der Waals surface area contributed by atoms with Crippen LogP contribution in [0.15, 0.2) is 18.2 Å². The van der Waals surface area contributed by atoms with Crippen LogP contribution in [0.3, 0.4) is 0 Å². The van der Waals surface area contributed by atoms with Crippen LogP contribution in [0.4, 0.5) is 0 Å². The smallest absolute Gasteiger partial charge is 0.252 e. The lowest BCUT2D eigenvalue weighted by atomic mass is 9.62. The lowest BCUT2D eigenvalue weighted by molar-refractivity contribution is 0.0682. The zero-order chi connectivity index (χ0) is 21.5. The summed E-state index contributed by atoms with van der Waals surface area (Å²) in [7, 11) is 0. The standard InChI is InChI=1S/C27H41ClN2O.CH4/c28-25-13-12-21(11-6-16-29-19-23-7-2-1-3-8-23)17-24(25)26(31)30-20-27-14-4-9-22(18-27)10-5-15-27;/h12-13,17,22-23,29H,1-11,14-16,18-20H2,(H,30,31);1H4. The molecule has 0 radical (unpaired) electrons. The van der Waals surface area contributed by atoms with Crippen LogP contribution >= 0.6 is 11.6 Å². The van der Waals surface area contributed by atoms with Crippen molar-refractivity contribution in [1.29, 1.82) is 0 Å². The molecule has 3 aliphatic rings. The first-order chi connectivity index (χ1) is 15.1. The number of carbonyl (C=O) groups is 1. The summed E-state index contributed by atoms with van der Waals surface area (Å²) in [6, 6.07) is 5.99. The van der Waals surface area contributed by atoms with Gasteiger partial charge in [0.15, 0.2) is 0 Å². The van der Waals surface area contributed by atoms with Gasteiger partial charge < -0.3 is 10.6 Å². The molecule has 3 fully saturated rings. The van der Waals surface area contributed by atoms with E-state index in [4.69, 9.17) is 11.6 Å². The first-order valence-electron chi connectivity index (χ1n) is 12.9. The highest BCUT2D eigenvalue weighted by molar-refractivity contribution is 6.33. The van der Waals surface area contributed by atoms with Gasteiger partial charge >= 0.3 is 0 Å². The van der Waals surface area contributed by atoms with E-state index in [2.05, 4.69) is 16.7 Å². The Bertz CT molecular complexity index is 718. The molecule has 3 aliphatic carbocycles. The molecule has 0 aromatic heterocycles. The van der Waals surface area contributed by atoms with Crippen molar-refractivity contribution in [2.45, 2.75) is 97.3 Å². The molecule has 0 heterocycles. The molecule has 4 heteroatoms. The number of aryl methyl sites for hydroxylation is 1. The summed E-state index contributed by atoms with van der Waals surface area (Å²) in [5, 5.41) is 7.47. The predicted octanol–water partition coefficient (Wildman–Crippen LogP) is 7.17. The van der Waals surface area contributed by atoms with Gasteiger partial charge in [-0.3, -0.25) is 4.79 Å². The maximum absolute atomic E-state index is 13.0. The number of amides is 1. The highest BCUT2D eigenvalue weighted by Crippen LogP contribution is 2.48. The van der Waals surface area contributed by atoms with Crippen molar-refractivity contribution in [3.63, 3.8) is 0 Å². The van der Waals surface area contributed by atoms with Crippen molar-refractivity contribution in [2.24, 2.45) is 17.3 Å². The third-order valence-electron chi connectivity index (χ3n) is 8.24. The fourth-order valence-corrected chi connectivity index (χ4v) is 6.65. The molecule has 32 heavy (non-hydrogen) atoms. The van der Waals surface area contributed by atoms with Gasteiger partial charge in [0.25, 0.3) is 5.91 Å². The molecular weight excluding hydrogens is 416 g/mol. The van der Waals surface area contributed by atoms with Crippen LogP contribution in [0.2, 0.25) is 5.02 Å². The Labute approximate surface area is 201 Å². The van der Waals surface area contributed by atoms with Crippen molar-refractivity contribution in [3.05, 3.63) is 34.3 Å². The van der Waals surface area contributed by atoms with Crippen LogP contribution in [0.5, 0.6) is 0 Å². The van der Waals surface area contributed by atoms with E-state index in [0.717, 1.165) is 44.3 Å². The van der Waals surface area contributed by atoms with Gasteiger partial charge in [-0.05, 0) is 93.0 Å². The lowest BCUT2D eigenvalue weighted by Crippen LogP contribution is -2.43. The van der Waals surface area contributed by atoms with Gasteiger partial charge in [0.2, 0.25) is 0 Å². The van der Waals surface area contributed by atoms with E-state index in [9.17, 15) is 4.79 Å². The van der Waals surface area contributed by atoms with Crippen LogP contribution < -0.4 is 10.6 Å². The Morgan fingerprint density at radius 3 is 2.53 bits per heavy atom. The largest absolute Gasteiger partial charge is 0.351 e. The van der Waals surface area contributed by atoms with E-state index >= 15 is 0 Å². The molecule has 0 aliphatic heterocycles. The van der Waals surface area contributed by atoms with E-state index in [-0.39, 0.29) is 13.3 Å². The van der Waals surface area contributed by atoms with Crippen LogP contribution in [0, 0.1) is 17.3 Å². The zero-order valence-corrected chi connectivity index (χ0v) is 19.9. The van der Waals surface area contributed by atoms with E-state index in [0.29, 0.717) is 16.0 Å². The molecule has 2 bridgehead atoms. The molecular formula is C28H45ClN2O. The third kappa shape index (κ3) is 6.97. The van der Waals surface area contributed by atoms with Crippen molar-refractivity contribution in [1.82, 2.24) is 10.6 Å². The number of halogens is 1. The van der Waals surface area contributed by atoms with Gasteiger partial charge in [0.1, 0.15) is 0 Å². The van der Waals surface area contributed by atoms with Crippen molar-refractivity contribution >= 4 is 17.5 Å². The van der Waals surface area contributed by atoms with Gasteiger partial charge in [-0.2, -0.15) is 0 Å². The summed E-state index contributed by atoms with van der Waals surface area (Å²) in [4.78, 5) is 13.0. The molecule has 0 spiro atoms. The average molecular weight is 461 g/mol. The highest BCUT2D eigenvalue weighted by Gasteiger charge is 2.39. The number of carbonyl (C=O) groups excluding carboxylic acids is 1. The normalized spacial score (nSPS) is 25.7. The quantitative estimate of drug-likeness (QED) is 0.383. The van der Waals surface area contributed by atoms with Crippen molar-refractivity contribution in [3.8, 4) is 0 Å². The molecule has 3 nitrogen and oxygen atoms in total. The maximum atomic E-state index is 13.0. The summed E-state index contributed by atoms with van der Waals surface area (Å²) in [5.74, 6) is 1.77. The monoisotopic (exact) mass is 460 g/mol. The summed E-state index contributed by atoms with van der Waals surface area (Å²) in [6.45, 7) is 3.02. The Morgan fingerprint density at radius 1 is 1.03 bits per heavy atom. The van der Waals surface area contributed by atoms with Gasteiger partial charge in [-0.25, -0.2) is 0 Å². The van der Waals surface area contributed by atoms with E-state index < -0.39 is 0 Å². The number of nitrogens with one attached hydrogen (secondary N) is 2. The Morgan fingerprint density at radius 2 is 1.78 bits per heavy atom. The number of hydrogen-bond acceptors (Lipinski definition) is 2. The predicted molar refractivity (Wildman–Crippen MR) is 137 cm³/mol. The first-order valence-corrected chi connectivity index (χ1v) is 13.3. The van der Waals surface area contributed by atoms with Gasteiger partial charge in [-0.1, -0.05) is 70.0 Å². The summed E-state index contributed by atoms with van der Waals surface area (Å²) in [6.07, 6.45) is 18.4. The number of fused-ring (bicyclic) bond motifs is 2. The van der Waals surface area contributed by atoms with Gasteiger partial charge in [0.05, 0.1) is 10.6 Å². The number of hydrogen-bond donors (Lipinski definition) is 2. The molecule has 0 atom stereocenters. The SMILES string of the molecule is C.O=C(NCC12CCCC(CCC1)C2)c1cc(CCCNCC2CCCCC2)ccc1Cl. The summed E-state index contributed by atoms with van der Waals surface area (Å²) >= 11 is 6.41. The van der Waals surface area contributed by atoms with Crippen LogP contribution in [-0.4, -0.2) is 25.5 Å². The third-order valence-corrected chi connectivity index (χ3v) is 8.57. The molecule has 180 valence electrons. The number of benzene rings is 1. The van der Waals surface area contributed by atoms with E-state index in [1.165, 1.54) is 82.6 Å². The molecule has 1 amide bonds. The molecule has 0 unspecified atom stereocenters. The van der Waals surface area contributed by atoms with E-state index in [1.807, 2.05) is 12.1 Å². The van der Waals surface area contributed by atoms with Gasteiger partial charge in [0, 0.05) is 6.54 Å². The lowest BCUT2D eigenvalue weighted by Gasteiger charge is -2.45. The second kappa shape index (κ2) is 12.4. The minimum absolute atomic E-state index is 0. The van der Waals surface area contributed by atoms with Crippen molar-refractivity contribution < 1.29 is 4.79 Å². The molecule has 2 N–H and O–H groups in total. The Kier molecular flexibility index (Phi) is 9.92. The average Bonchev–Trinajstić information content (AvgIpc) is 2.79. The second-order valence-corrected chi connectivity index (χ2v) is 11.1. The van der Waals surface area contributed by atoms with Crippen LogP contribution in [0.1, 0.15) is 107 Å². The molecule has 1 aromatic rings. The Balaban J connectivity index is 0.00000289. The van der Waals surface area contributed by atoms with Gasteiger partial charge in [-0.15, -0.1) is 0 Å². The minimum atomic E-state index is 0. The Hall–Kier alpha value is -1.06. The van der Waals surface area contributed by atoms with Crippen LogP contribution in [-0.2, 0) is 6.42 Å². The van der Waals surface area contributed by atoms with E-state index in [1.54, 1.807) is 0 Å². The molecule has 1 aromatic carbocycles. The molecule has 4 rings (SSSR count). The molecule has 3 saturated carbocycles. The zero-order valence-electron chi connectivity index (χ0n) is 19.2. The fraction of sp³-hybridized carbons (Fsp3) is 0.750. The summed E-state index contributed by atoms with van der Waals surface area (Å²) in [5.41, 5.74) is 2.20. The number of rotatable bonds is 9. The highest BCUT2D eigenvalue weighted by atomic mass is 35.5. The minimum Gasteiger partial charge on any atom is -0.351 e. The second-order valence-electron chi connectivity index (χ2n) is 10.7. The summed E-state index contributed by atoms with van der Waals surface area (Å²) < 4.78 is 0. The maximum Gasteiger partial charge on any atom is 0.252 e. The fourth-order valence-electron chi connectivity index (χ4n) is 6.45. The molecule has 0 saturated heterocycles. The van der Waals surface area contributed by atoms with Crippen LogP contribution in [0.25, 0.3) is 0 Å². The topological polar surface area (TPSA) is 41.1 Å². The first kappa shape index (κ1) is 25.6. The van der Waals surface area contributed by atoms with Crippen molar-refractivity contribution in [2.75, 3.05) is 19.6 Å².